The molecule has 0 radical (unpaired) electrons. The number of hydrogen-bond acceptors (Lipinski definition) is 7. The SMILES string of the molecule is N#Cc1cnc(N2CC[C@@H](Cc3nnc4cnc5[nH]ccc5n34)C2)cn1. The molecule has 4 aromatic rings. The standard InChI is InChI=1S/C17H15N9/c18-6-12-7-21-15(8-20-12)25-4-2-11(10-25)5-14-23-24-16-9-22-17-13(26(14)16)1-3-19-17/h1,3,7-9,11,19H,2,4-5,10H2/t11-/m0/s1. The van der Waals surface area contributed by atoms with Gasteiger partial charge in [-0.25, -0.2) is 15.0 Å². The van der Waals surface area contributed by atoms with Gasteiger partial charge in [-0.05, 0) is 18.4 Å². The number of aromatic nitrogens is 7. The number of H-pyrrole nitrogens is 1. The first-order valence-electron chi connectivity index (χ1n) is 8.45. The molecule has 1 N–H and O–H groups in total. The average molecular weight is 345 g/mol. The van der Waals surface area contributed by atoms with Gasteiger partial charge in [-0.3, -0.25) is 4.40 Å². The first-order chi connectivity index (χ1) is 12.8. The molecule has 1 fully saturated rings. The van der Waals surface area contributed by atoms with Crippen molar-refractivity contribution in [3.63, 3.8) is 0 Å². The van der Waals surface area contributed by atoms with Crippen molar-refractivity contribution in [2.75, 3.05) is 18.0 Å². The summed E-state index contributed by atoms with van der Waals surface area (Å²) in [5.74, 6) is 2.22. The number of nitrogens with zero attached hydrogens (tertiary/aromatic N) is 8. The van der Waals surface area contributed by atoms with Crippen LogP contribution in [0.25, 0.3) is 16.8 Å². The molecule has 128 valence electrons. The fourth-order valence-electron chi connectivity index (χ4n) is 3.58. The molecular formula is C17H15N9. The fraction of sp³-hybridized carbons (Fsp3) is 0.294. The second-order valence-corrected chi connectivity index (χ2v) is 6.46. The van der Waals surface area contributed by atoms with Gasteiger partial charge in [0.15, 0.2) is 17.0 Å². The summed E-state index contributed by atoms with van der Waals surface area (Å²) in [7, 11) is 0. The Morgan fingerprint density at radius 2 is 2.15 bits per heavy atom. The number of nitrogens with one attached hydrogen (secondary N) is 1. The van der Waals surface area contributed by atoms with E-state index in [9.17, 15) is 0 Å². The molecule has 0 bridgehead atoms. The van der Waals surface area contributed by atoms with Gasteiger partial charge in [-0.15, -0.1) is 10.2 Å². The topological polar surface area (TPSA) is 112 Å². The van der Waals surface area contributed by atoms with E-state index < -0.39 is 0 Å². The largest absolute Gasteiger partial charge is 0.355 e. The predicted octanol–water partition coefficient (Wildman–Crippen LogP) is 1.34. The van der Waals surface area contributed by atoms with Crippen LogP contribution < -0.4 is 4.90 Å². The lowest BCUT2D eigenvalue weighted by Gasteiger charge is -2.16. The van der Waals surface area contributed by atoms with Crippen molar-refractivity contribution >= 4 is 22.6 Å². The minimum Gasteiger partial charge on any atom is -0.355 e. The number of anilines is 1. The highest BCUT2D eigenvalue weighted by Crippen LogP contribution is 2.25. The van der Waals surface area contributed by atoms with Crippen LogP contribution in [0.3, 0.4) is 0 Å². The van der Waals surface area contributed by atoms with E-state index in [1.165, 1.54) is 6.20 Å². The normalized spacial score (nSPS) is 17.2. The van der Waals surface area contributed by atoms with Crippen molar-refractivity contribution in [2.45, 2.75) is 12.8 Å². The summed E-state index contributed by atoms with van der Waals surface area (Å²) in [6.07, 6.45) is 8.70. The highest BCUT2D eigenvalue weighted by Gasteiger charge is 2.26. The summed E-state index contributed by atoms with van der Waals surface area (Å²) < 4.78 is 2.07. The van der Waals surface area contributed by atoms with E-state index in [-0.39, 0.29) is 0 Å². The van der Waals surface area contributed by atoms with Gasteiger partial charge in [0, 0.05) is 25.7 Å². The van der Waals surface area contributed by atoms with Crippen LogP contribution in [0, 0.1) is 17.2 Å². The summed E-state index contributed by atoms with van der Waals surface area (Å²) in [5.41, 5.74) is 2.93. The lowest BCUT2D eigenvalue weighted by atomic mass is 10.0. The van der Waals surface area contributed by atoms with Gasteiger partial charge in [0.05, 0.1) is 24.1 Å². The lowest BCUT2D eigenvalue weighted by molar-refractivity contribution is 0.565. The highest BCUT2D eigenvalue weighted by atomic mass is 15.3. The molecular weight excluding hydrogens is 330 g/mol. The quantitative estimate of drug-likeness (QED) is 0.596. The van der Waals surface area contributed by atoms with Crippen LogP contribution in [0.5, 0.6) is 0 Å². The molecule has 1 aliphatic rings. The molecule has 0 aliphatic carbocycles. The van der Waals surface area contributed by atoms with Crippen LogP contribution in [0.4, 0.5) is 5.82 Å². The van der Waals surface area contributed by atoms with Gasteiger partial charge in [0.2, 0.25) is 0 Å². The number of aromatic amines is 1. The van der Waals surface area contributed by atoms with Gasteiger partial charge in [-0.2, -0.15) is 5.26 Å². The molecule has 26 heavy (non-hydrogen) atoms. The third-order valence-electron chi connectivity index (χ3n) is 4.84. The monoisotopic (exact) mass is 345 g/mol. The first-order valence-corrected chi connectivity index (χ1v) is 8.45. The lowest BCUT2D eigenvalue weighted by Crippen LogP contribution is -2.21. The molecule has 0 unspecified atom stereocenters. The second-order valence-electron chi connectivity index (χ2n) is 6.46. The van der Waals surface area contributed by atoms with Crippen molar-refractivity contribution in [1.29, 1.82) is 5.26 Å². The van der Waals surface area contributed by atoms with E-state index in [1.54, 1.807) is 12.4 Å². The van der Waals surface area contributed by atoms with E-state index in [2.05, 4.69) is 39.4 Å². The van der Waals surface area contributed by atoms with Gasteiger partial charge in [0.25, 0.3) is 0 Å². The van der Waals surface area contributed by atoms with E-state index in [0.717, 1.165) is 54.4 Å². The second kappa shape index (κ2) is 5.77. The Morgan fingerprint density at radius 3 is 3.00 bits per heavy atom. The summed E-state index contributed by atoms with van der Waals surface area (Å²) in [6.45, 7) is 1.81. The minimum absolute atomic E-state index is 0.337. The predicted molar refractivity (Wildman–Crippen MR) is 93.4 cm³/mol. The van der Waals surface area contributed by atoms with Crippen molar-refractivity contribution in [2.24, 2.45) is 5.92 Å². The number of hydrogen-bond donors (Lipinski definition) is 1. The summed E-state index contributed by atoms with van der Waals surface area (Å²) in [5, 5.41) is 17.5. The van der Waals surface area contributed by atoms with E-state index >= 15 is 0 Å². The smallest absolute Gasteiger partial charge is 0.179 e. The highest BCUT2D eigenvalue weighted by molar-refractivity contribution is 5.74. The van der Waals surface area contributed by atoms with Crippen molar-refractivity contribution < 1.29 is 0 Å². The van der Waals surface area contributed by atoms with E-state index in [0.29, 0.717) is 11.6 Å². The molecule has 0 aromatic carbocycles. The first kappa shape index (κ1) is 14.8. The third-order valence-corrected chi connectivity index (χ3v) is 4.84. The number of nitriles is 1. The Balaban J connectivity index is 1.38. The Morgan fingerprint density at radius 1 is 1.19 bits per heavy atom. The Kier molecular flexibility index (Phi) is 3.28. The molecule has 0 amide bonds. The maximum atomic E-state index is 8.84. The fourth-order valence-corrected chi connectivity index (χ4v) is 3.58. The van der Waals surface area contributed by atoms with Gasteiger partial charge < -0.3 is 9.88 Å². The van der Waals surface area contributed by atoms with Crippen LogP contribution in [0.2, 0.25) is 0 Å². The van der Waals surface area contributed by atoms with Gasteiger partial charge in [0.1, 0.15) is 17.7 Å². The summed E-state index contributed by atoms with van der Waals surface area (Å²) >= 11 is 0. The van der Waals surface area contributed by atoms with Crippen LogP contribution in [0.15, 0.2) is 30.9 Å². The summed E-state index contributed by atoms with van der Waals surface area (Å²) in [6, 6.07) is 3.99. The van der Waals surface area contributed by atoms with Crippen LogP contribution in [-0.4, -0.2) is 47.6 Å². The molecule has 4 aromatic heterocycles. The van der Waals surface area contributed by atoms with Crippen molar-refractivity contribution in [1.82, 2.24) is 34.5 Å². The average Bonchev–Trinajstić information content (AvgIpc) is 3.41. The molecule has 0 saturated carbocycles. The van der Waals surface area contributed by atoms with E-state index in [1.807, 2.05) is 18.3 Å². The van der Waals surface area contributed by atoms with E-state index in [4.69, 9.17) is 5.26 Å². The molecule has 1 atom stereocenters. The molecule has 5 rings (SSSR count). The maximum Gasteiger partial charge on any atom is 0.179 e. The zero-order valence-corrected chi connectivity index (χ0v) is 13.9. The number of rotatable bonds is 3. The molecule has 1 aliphatic heterocycles. The molecule has 5 heterocycles. The Labute approximate surface area is 148 Å². The molecule has 0 spiro atoms. The minimum atomic E-state index is 0.337. The van der Waals surface area contributed by atoms with Crippen LogP contribution >= 0.6 is 0 Å². The maximum absolute atomic E-state index is 8.84. The van der Waals surface area contributed by atoms with Crippen LogP contribution in [0.1, 0.15) is 17.9 Å². The molecule has 9 heteroatoms. The zero-order valence-electron chi connectivity index (χ0n) is 13.9. The number of fused-ring (bicyclic) bond motifs is 3. The Hall–Kier alpha value is -3.54. The van der Waals surface area contributed by atoms with Crippen molar-refractivity contribution in [3.8, 4) is 6.07 Å². The van der Waals surface area contributed by atoms with Gasteiger partial charge >= 0.3 is 0 Å². The molecule has 1 saturated heterocycles. The van der Waals surface area contributed by atoms with Gasteiger partial charge in [-0.1, -0.05) is 0 Å². The summed E-state index contributed by atoms with van der Waals surface area (Å²) in [4.78, 5) is 18.1. The Bertz CT molecular complexity index is 1120. The molecule has 9 nitrogen and oxygen atoms in total. The zero-order chi connectivity index (χ0) is 17.5. The van der Waals surface area contributed by atoms with Crippen LogP contribution in [-0.2, 0) is 6.42 Å². The third kappa shape index (κ3) is 2.35. The van der Waals surface area contributed by atoms with Crippen molar-refractivity contribution in [3.05, 3.63) is 42.4 Å².